The topological polar surface area (TPSA) is 101 Å². The van der Waals surface area contributed by atoms with E-state index in [9.17, 15) is 14.4 Å². The Hall–Kier alpha value is -2.83. The average molecular weight is 370 g/mol. The summed E-state index contributed by atoms with van der Waals surface area (Å²) in [5, 5.41) is 0. The van der Waals surface area contributed by atoms with Crippen LogP contribution in [0, 0.1) is 5.92 Å². The monoisotopic (exact) mass is 370 g/mol. The predicted molar refractivity (Wildman–Crippen MR) is 106 cm³/mol. The van der Waals surface area contributed by atoms with Crippen LogP contribution in [-0.4, -0.2) is 22.0 Å². The van der Waals surface area contributed by atoms with E-state index in [0.29, 0.717) is 13.0 Å². The second kappa shape index (κ2) is 8.24. The first-order valence-corrected chi connectivity index (χ1v) is 9.50. The molecular formula is C20H26N4O3. The summed E-state index contributed by atoms with van der Waals surface area (Å²) in [5.41, 5.74) is 6.04. The molecular weight excluding hydrogens is 344 g/mol. The average Bonchev–Trinajstić information content (AvgIpc) is 3.19. The number of hydrogen-bond donors (Lipinski definition) is 2. The fourth-order valence-corrected chi connectivity index (χ4v) is 3.71. The number of aromatic nitrogens is 2. The Balaban J connectivity index is 2.04. The SMILES string of the molecule is CCCN(C(=O)C1CCCC1)c1c(N)n(Cc2ccccc2)c(=O)[nH]c1=O. The molecule has 1 fully saturated rings. The van der Waals surface area contributed by atoms with Crippen LogP contribution in [0.5, 0.6) is 0 Å². The first-order chi connectivity index (χ1) is 13.0. The van der Waals surface area contributed by atoms with Gasteiger partial charge in [0, 0.05) is 12.5 Å². The summed E-state index contributed by atoms with van der Waals surface area (Å²) < 4.78 is 1.32. The van der Waals surface area contributed by atoms with E-state index in [1.165, 1.54) is 9.47 Å². The van der Waals surface area contributed by atoms with Gasteiger partial charge in [0.05, 0.1) is 6.54 Å². The van der Waals surface area contributed by atoms with Crippen molar-refractivity contribution in [2.75, 3.05) is 17.2 Å². The molecule has 0 bridgehead atoms. The molecule has 0 unspecified atom stereocenters. The van der Waals surface area contributed by atoms with E-state index in [-0.39, 0.29) is 29.9 Å². The Kier molecular flexibility index (Phi) is 5.78. The van der Waals surface area contributed by atoms with Crippen molar-refractivity contribution >= 4 is 17.4 Å². The summed E-state index contributed by atoms with van der Waals surface area (Å²) in [4.78, 5) is 41.7. The van der Waals surface area contributed by atoms with E-state index in [2.05, 4.69) is 4.98 Å². The van der Waals surface area contributed by atoms with E-state index in [4.69, 9.17) is 5.73 Å². The summed E-state index contributed by atoms with van der Waals surface area (Å²) in [5.74, 6) is -0.117. The number of hydrogen-bond acceptors (Lipinski definition) is 4. The highest BCUT2D eigenvalue weighted by Gasteiger charge is 2.31. The van der Waals surface area contributed by atoms with Crippen molar-refractivity contribution in [2.45, 2.75) is 45.6 Å². The van der Waals surface area contributed by atoms with Crippen LogP contribution in [-0.2, 0) is 11.3 Å². The van der Waals surface area contributed by atoms with Gasteiger partial charge in [-0.1, -0.05) is 50.1 Å². The number of carbonyl (C=O) groups excluding carboxylic acids is 1. The third-order valence-corrected chi connectivity index (χ3v) is 5.09. The van der Waals surface area contributed by atoms with Crippen LogP contribution in [0.2, 0.25) is 0 Å². The lowest BCUT2D eigenvalue weighted by Gasteiger charge is -2.26. The highest BCUT2D eigenvalue weighted by atomic mass is 16.2. The Labute approximate surface area is 157 Å². The van der Waals surface area contributed by atoms with Crippen molar-refractivity contribution in [3.63, 3.8) is 0 Å². The lowest BCUT2D eigenvalue weighted by atomic mass is 10.1. The van der Waals surface area contributed by atoms with Crippen LogP contribution in [0.15, 0.2) is 39.9 Å². The molecule has 3 rings (SSSR count). The lowest BCUT2D eigenvalue weighted by Crippen LogP contribution is -2.43. The second-order valence-electron chi connectivity index (χ2n) is 7.04. The van der Waals surface area contributed by atoms with Crippen LogP contribution in [0.1, 0.15) is 44.6 Å². The molecule has 7 heteroatoms. The highest BCUT2D eigenvalue weighted by molar-refractivity contribution is 5.97. The normalized spacial score (nSPS) is 14.4. The molecule has 1 amide bonds. The molecule has 1 saturated carbocycles. The zero-order chi connectivity index (χ0) is 19.4. The minimum Gasteiger partial charge on any atom is -0.383 e. The molecule has 0 atom stereocenters. The van der Waals surface area contributed by atoms with Gasteiger partial charge < -0.3 is 10.6 Å². The number of anilines is 2. The van der Waals surface area contributed by atoms with Crippen molar-refractivity contribution in [3.8, 4) is 0 Å². The van der Waals surface area contributed by atoms with Crippen molar-refractivity contribution in [3.05, 3.63) is 56.7 Å². The van der Waals surface area contributed by atoms with Crippen LogP contribution >= 0.6 is 0 Å². The maximum absolute atomic E-state index is 13.0. The molecule has 1 aliphatic rings. The van der Waals surface area contributed by atoms with Crippen LogP contribution < -0.4 is 21.9 Å². The van der Waals surface area contributed by atoms with Gasteiger partial charge in [-0.15, -0.1) is 0 Å². The number of amides is 1. The summed E-state index contributed by atoms with van der Waals surface area (Å²) in [6.07, 6.45) is 4.40. The zero-order valence-corrected chi connectivity index (χ0v) is 15.6. The number of carbonyl (C=O) groups is 1. The molecule has 3 N–H and O–H groups in total. The van der Waals surface area contributed by atoms with E-state index in [1.807, 2.05) is 37.3 Å². The number of H-pyrrole nitrogens is 1. The van der Waals surface area contributed by atoms with Crippen LogP contribution in [0.4, 0.5) is 11.5 Å². The first-order valence-electron chi connectivity index (χ1n) is 9.50. The van der Waals surface area contributed by atoms with Crippen LogP contribution in [0.3, 0.4) is 0 Å². The number of rotatable bonds is 6. The molecule has 7 nitrogen and oxygen atoms in total. The summed E-state index contributed by atoms with van der Waals surface area (Å²) in [7, 11) is 0. The lowest BCUT2D eigenvalue weighted by molar-refractivity contribution is -0.122. The van der Waals surface area contributed by atoms with E-state index in [1.54, 1.807) is 0 Å². The second-order valence-corrected chi connectivity index (χ2v) is 7.04. The van der Waals surface area contributed by atoms with E-state index >= 15 is 0 Å². The third-order valence-electron chi connectivity index (χ3n) is 5.09. The van der Waals surface area contributed by atoms with Gasteiger partial charge in [-0.3, -0.25) is 19.1 Å². The largest absolute Gasteiger partial charge is 0.383 e. The minimum atomic E-state index is -0.610. The fourth-order valence-electron chi connectivity index (χ4n) is 3.71. The summed E-state index contributed by atoms with van der Waals surface area (Å²) >= 11 is 0. The number of nitrogens with one attached hydrogen (secondary N) is 1. The van der Waals surface area contributed by atoms with Gasteiger partial charge in [-0.25, -0.2) is 4.79 Å². The fraction of sp³-hybridized carbons (Fsp3) is 0.450. The Morgan fingerprint density at radius 3 is 2.52 bits per heavy atom. The predicted octanol–water partition coefficient (Wildman–Crippen LogP) is 2.10. The van der Waals surface area contributed by atoms with Gasteiger partial charge in [0.2, 0.25) is 5.91 Å². The number of nitrogens with two attached hydrogens (primary N) is 1. The van der Waals surface area contributed by atoms with Crippen molar-refractivity contribution < 1.29 is 4.79 Å². The van der Waals surface area contributed by atoms with Gasteiger partial charge in [-0.2, -0.15) is 0 Å². The van der Waals surface area contributed by atoms with Crippen LogP contribution in [0.25, 0.3) is 0 Å². The minimum absolute atomic E-state index is 0.0346. The maximum Gasteiger partial charge on any atom is 0.330 e. The van der Waals surface area contributed by atoms with Crippen molar-refractivity contribution in [1.82, 2.24) is 9.55 Å². The Morgan fingerprint density at radius 1 is 1.22 bits per heavy atom. The van der Waals surface area contributed by atoms with Gasteiger partial charge in [0.1, 0.15) is 5.82 Å². The molecule has 0 spiro atoms. The zero-order valence-electron chi connectivity index (χ0n) is 15.6. The number of nitrogens with zero attached hydrogens (tertiary/aromatic N) is 2. The number of benzene rings is 1. The Morgan fingerprint density at radius 2 is 1.89 bits per heavy atom. The molecule has 2 aromatic rings. The van der Waals surface area contributed by atoms with E-state index in [0.717, 1.165) is 31.2 Å². The third kappa shape index (κ3) is 3.97. The smallest absolute Gasteiger partial charge is 0.330 e. The van der Waals surface area contributed by atoms with E-state index < -0.39 is 11.2 Å². The molecule has 0 aliphatic heterocycles. The molecule has 1 heterocycles. The molecule has 1 aromatic heterocycles. The quantitative estimate of drug-likeness (QED) is 0.813. The molecule has 0 saturated heterocycles. The summed E-state index contributed by atoms with van der Waals surface area (Å²) in [6, 6.07) is 9.39. The molecule has 144 valence electrons. The molecule has 1 aromatic carbocycles. The molecule has 1 aliphatic carbocycles. The molecule has 0 radical (unpaired) electrons. The van der Waals surface area contributed by atoms with Gasteiger partial charge in [-0.05, 0) is 24.8 Å². The maximum atomic E-state index is 13.0. The van der Waals surface area contributed by atoms with Gasteiger partial charge >= 0.3 is 5.69 Å². The van der Waals surface area contributed by atoms with Crippen molar-refractivity contribution in [2.24, 2.45) is 5.92 Å². The number of aromatic amines is 1. The first kappa shape index (κ1) is 18.9. The standard InChI is InChI=1S/C20H26N4O3/c1-2-12-23(19(26)15-10-6-7-11-15)16-17(21)24(20(27)22-18(16)25)13-14-8-4-3-5-9-14/h3-5,8-9,15H,2,6-7,10-13,21H2,1H3,(H,22,25,27). The van der Waals surface area contributed by atoms with Crippen molar-refractivity contribution in [1.29, 1.82) is 0 Å². The summed E-state index contributed by atoms with van der Waals surface area (Å²) in [6.45, 7) is 2.57. The highest BCUT2D eigenvalue weighted by Crippen LogP contribution is 2.29. The van der Waals surface area contributed by atoms with Gasteiger partial charge in [0.25, 0.3) is 5.56 Å². The Bertz CT molecular complexity index is 911. The molecule has 27 heavy (non-hydrogen) atoms. The van der Waals surface area contributed by atoms with Gasteiger partial charge in [0.15, 0.2) is 5.69 Å². The number of nitrogen functional groups attached to an aromatic ring is 1.